The van der Waals surface area contributed by atoms with Crippen LogP contribution in [0, 0.1) is 0 Å². The number of carboxylic acids is 1. The number of nitrogens with zero attached hydrogens (tertiary/aromatic N) is 3. The van der Waals surface area contributed by atoms with Crippen molar-refractivity contribution in [2.75, 3.05) is 7.11 Å². The lowest BCUT2D eigenvalue weighted by atomic mass is 10.1. The number of aromatic carboxylic acids is 1. The zero-order chi connectivity index (χ0) is 23.5. The summed E-state index contributed by atoms with van der Waals surface area (Å²) in [7, 11) is 1.33. The van der Waals surface area contributed by atoms with E-state index in [0.717, 1.165) is 18.2 Å². The summed E-state index contributed by atoms with van der Waals surface area (Å²) in [6, 6.07) is 9.20. The van der Waals surface area contributed by atoms with Crippen molar-refractivity contribution in [2.24, 2.45) is 0 Å². The Balaban J connectivity index is 1.81. The fourth-order valence-corrected chi connectivity index (χ4v) is 2.72. The molecule has 0 radical (unpaired) electrons. The Morgan fingerprint density at radius 3 is 2.41 bits per heavy atom. The number of halogens is 4. The Morgan fingerprint density at radius 2 is 1.81 bits per heavy atom. The first-order valence-corrected chi connectivity index (χ1v) is 9.10. The molecule has 0 bridgehead atoms. The lowest BCUT2D eigenvalue weighted by molar-refractivity contribution is -0.288. The van der Waals surface area contributed by atoms with Gasteiger partial charge in [0.2, 0.25) is 0 Å². The van der Waals surface area contributed by atoms with Crippen LogP contribution in [0.2, 0.25) is 0 Å². The number of aromatic nitrogens is 3. The van der Waals surface area contributed by atoms with Crippen molar-refractivity contribution in [3.05, 3.63) is 66.5 Å². The molecule has 1 N–H and O–H groups in total. The van der Waals surface area contributed by atoms with Gasteiger partial charge in [-0.25, -0.2) is 14.5 Å². The third-order valence-electron chi connectivity index (χ3n) is 4.29. The summed E-state index contributed by atoms with van der Waals surface area (Å²) >= 11 is 0. The molecule has 2 aromatic carbocycles. The number of hydrogen-bond acceptors (Lipinski definition) is 5. The number of methoxy groups -OCH3 is 1. The number of carbonyl (C=O) groups is 1. The maximum Gasteiger partial charge on any atom is 0.468 e. The van der Waals surface area contributed by atoms with Gasteiger partial charge in [0.25, 0.3) is 0 Å². The number of allylic oxidation sites excluding steroid dienone is 1. The van der Waals surface area contributed by atoms with Crippen LogP contribution in [0.3, 0.4) is 0 Å². The van der Waals surface area contributed by atoms with Gasteiger partial charge in [-0.3, -0.25) is 0 Å². The second kappa shape index (κ2) is 8.69. The summed E-state index contributed by atoms with van der Waals surface area (Å²) in [6.45, 7) is 1.20. The number of carboxylic acid groups (broad SMARTS) is 1. The Hall–Kier alpha value is -3.89. The van der Waals surface area contributed by atoms with Crippen LogP contribution in [-0.2, 0) is 0 Å². The van der Waals surface area contributed by atoms with E-state index in [0.29, 0.717) is 11.3 Å². The van der Waals surface area contributed by atoms with Crippen molar-refractivity contribution in [3.8, 4) is 28.6 Å². The third kappa shape index (κ3) is 4.56. The van der Waals surface area contributed by atoms with Crippen molar-refractivity contribution < 1.29 is 36.9 Å². The first-order valence-electron chi connectivity index (χ1n) is 9.10. The van der Waals surface area contributed by atoms with Gasteiger partial charge in [-0.2, -0.15) is 17.6 Å². The van der Waals surface area contributed by atoms with Crippen LogP contribution in [-0.4, -0.2) is 45.0 Å². The minimum atomic E-state index is -4.73. The first-order chi connectivity index (χ1) is 15.1. The highest BCUT2D eigenvalue weighted by Crippen LogP contribution is 2.37. The highest BCUT2D eigenvalue weighted by molar-refractivity contribution is 5.91. The maximum atomic E-state index is 13.7. The number of rotatable bonds is 8. The molecule has 11 heteroatoms. The molecule has 0 unspecified atom stereocenters. The smallest absolute Gasteiger partial charge is 0.468 e. The molecule has 0 saturated heterocycles. The van der Waals surface area contributed by atoms with E-state index in [1.165, 1.54) is 55.4 Å². The number of alkyl halides is 4. The van der Waals surface area contributed by atoms with Gasteiger partial charge in [0.15, 0.2) is 5.82 Å². The molecule has 0 spiro atoms. The van der Waals surface area contributed by atoms with E-state index < -0.39 is 23.7 Å². The molecule has 1 heterocycles. The third-order valence-corrected chi connectivity index (χ3v) is 4.29. The molecule has 0 saturated carbocycles. The number of benzene rings is 2. The average Bonchev–Trinajstić information content (AvgIpc) is 3.23. The first kappa shape index (κ1) is 22.8. The molecular formula is C21H17F4N3O4. The van der Waals surface area contributed by atoms with Gasteiger partial charge in [-0.05, 0) is 55.5 Å². The molecule has 0 atom stereocenters. The molecule has 3 aromatic rings. The lowest BCUT2D eigenvalue weighted by Crippen LogP contribution is -2.43. The quantitative estimate of drug-likeness (QED) is 0.390. The van der Waals surface area contributed by atoms with Gasteiger partial charge in [0.05, 0.1) is 12.8 Å². The maximum absolute atomic E-state index is 13.7. The Kier molecular flexibility index (Phi) is 6.19. The minimum Gasteiger partial charge on any atom is -0.496 e. The van der Waals surface area contributed by atoms with Crippen LogP contribution >= 0.6 is 0 Å². The Bertz CT molecular complexity index is 1140. The zero-order valence-corrected chi connectivity index (χ0v) is 16.8. The number of hydrogen-bond donors (Lipinski definition) is 1. The zero-order valence-electron chi connectivity index (χ0n) is 16.8. The summed E-state index contributed by atoms with van der Waals surface area (Å²) in [6.07, 6.45) is -2.51. The van der Waals surface area contributed by atoms with E-state index >= 15 is 0 Å². The molecule has 0 fully saturated rings. The molecule has 0 aliphatic rings. The summed E-state index contributed by atoms with van der Waals surface area (Å²) < 4.78 is 65.0. The summed E-state index contributed by atoms with van der Waals surface area (Å²) in [5.41, 5.74) is 0.855. The van der Waals surface area contributed by atoms with Gasteiger partial charge in [0.1, 0.15) is 23.4 Å². The predicted molar refractivity (Wildman–Crippen MR) is 106 cm³/mol. The van der Waals surface area contributed by atoms with Crippen LogP contribution in [0.4, 0.5) is 17.6 Å². The van der Waals surface area contributed by atoms with Crippen LogP contribution in [0.25, 0.3) is 17.1 Å². The SMILES string of the molecule is C/C=C/C(F)(F)C(F)(F)Oc1ccc(-n2cnc(-c3ccc(C(=O)O)c(OC)c3)n2)cc1. The normalized spacial score (nSPS) is 12.2. The largest absolute Gasteiger partial charge is 0.496 e. The molecule has 0 aliphatic heterocycles. The molecule has 3 rings (SSSR count). The fourth-order valence-electron chi connectivity index (χ4n) is 2.72. The second-order valence-electron chi connectivity index (χ2n) is 6.47. The molecule has 0 aliphatic carbocycles. The highest BCUT2D eigenvalue weighted by Gasteiger charge is 2.57. The monoisotopic (exact) mass is 451 g/mol. The van der Waals surface area contributed by atoms with Gasteiger partial charge >= 0.3 is 18.0 Å². The van der Waals surface area contributed by atoms with Crippen LogP contribution in [0.15, 0.2) is 60.9 Å². The van der Waals surface area contributed by atoms with E-state index in [4.69, 9.17) is 9.84 Å². The van der Waals surface area contributed by atoms with E-state index in [-0.39, 0.29) is 23.2 Å². The Morgan fingerprint density at radius 1 is 1.12 bits per heavy atom. The van der Waals surface area contributed by atoms with E-state index in [2.05, 4.69) is 14.8 Å². The highest BCUT2D eigenvalue weighted by atomic mass is 19.3. The van der Waals surface area contributed by atoms with Crippen molar-refractivity contribution in [3.63, 3.8) is 0 Å². The fraction of sp³-hybridized carbons (Fsp3) is 0.190. The van der Waals surface area contributed by atoms with Crippen molar-refractivity contribution in [2.45, 2.75) is 19.0 Å². The Labute approximate surface area is 179 Å². The predicted octanol–water partition coefficient (Wildman–Crippen LogP) is 4.82. The number of ether oxygens (including phenoxy) is 2. The van der Waals surface area contributed by atoms with Gasteiger partial charge in [0, 0.05) is 5.56 Å². The standard InChI is InChI=1S/C21H17F4N3O4/c1-3-10-20(22,23)21(24,25)32-15-7-5-14(6-8-15)28-12-26-18(27-28)13-4-9-16(19(29)30)17(11-13)31-2/h3-12H,1-2H3,(H,29,30)/b10-3+. The van der Waals surface area contributed by atoms with Crippen LogP contribution < -0.4 is 9.47 Å². The van der Waals surface area contributed by atoms with Crippen molar-refractivity contribution in [1.82, 2.24) is 14.8 Å². The van der Waals surface area contributed by atoms with Gasteiger partial charge in [-0.1, -0.05) is 6.08 Å². The lowest BCUT2D eigenvalue weighted by Gasteiger charge is -2.24. The minimum absolute atomic E-state index is 0.0249. The molecule has 1 aromatic heterocycles. The van der Waals surface area contributed by atoms with Crippen molar-refractivity contribution >= 4 is 5.97 Å². The molecule has 0 amide bonds. The summed E-state index contributed by atoms with van der Waals surface area (Å²) in [4.78, 5) is 15.3. The molecule has 7 nitrogen and oxygen atoms in total. The van der Waals surface area contributed by atoms with Crippen LogP contribution in [0.1, 0.15) is 17.3 Å². The van der Waals surface area contributed by atoms with Crippen molar-refractivity contribution in [1.29, 1.82) is 0 Å². The van der Waals surface area contributed by atoms with E-state index in [1.54, 1.807) is 0 Å². The summed E-state index contributed by atoms with van der Waals surface area (Å²) in [5, 5.41) is 13.4. The second-order valence-corrected chi connectivity index (χ2v) is 6.47. The topological polar surface area (TPSA) is 86.5 Å². The van der Waals surface area contributed by atoms with E-state index in [9.17, 15) is 22.4 Å². The molecule has 168 valence electrons. The van der Waals surface area contributed by atoms with Gasteiger partial charge in [-0.15, -0.1) is 5.10 Å². The molecular weight excluding hydrogens is 434 g/mol. The van der Waals surface area contributed by atoms with Gasteiger partial charge < -0.3 is 14.6 Å². The summed E-state index contributed by atoms with van der Waals surface area (Å²) in [5.74, 6) is -5.71. The average molecular weight is 451 g/mol. The molecule has 32 heavy (non-hydrogen) atoms. The van der Waals surface area contributed by atoms with Crippen LogP contribution in [0.5, 0.6) is 11.5 Å². The van der Waals surface area contributed by atoms with E-state index in [1.807, 2.05) is 0 Å².